The van der Waals surface area contributed by atoms with Crippen molar-refractivity contribution < 1.29 is 24.2 Å². The van der Waals surface area contributed by atoms with Gasteiger partial charge in [0, 0.05) is 0 Å². The van der Waals surface area contributed by atoms with Gasteiger partial charge in [-0.25, -0.2) is 4.79 Å². The van der Waals surface area contributed by atoms with Crippen LogP contribution >= 0.6 is 0 Å². The molecule has 0 unspecified atom stereocenters. The van der Waals surface area contributed by atoms with Gasteiger partial charge in [0.2, 0.25) is 0 Å². The number of hydrogen-bond acceptors (Lipinski definition) is 4. The maximum absolute atomic E-state index is 10.9. The Morgan fingerprint density at radius 2 is 1.85 bits per heavy atom. The van der Waals surface area contributed by atoms with E-state index >= 15 is 0 Å². The molecule has 13 heavy (non-hydrogen) atoms. The van der Waals surface area contributed by atoms with Crippen LogP contribution in [0.3, 0.4) is 0 Å². The van der Waals surface area contributed by atoms with E-state index in [-0.39, 0.29) is 13.0 Å². The van der Waals surface area contributed by atoms with Crippen LogP contribution in [0.15, 0.2) is 0 Å². The largest absolute Gasteiger partial charge is 0.505 e. The molecule has 0 aromatic rings. The van der Waals surface area contributed by atoms with Crippen molar-refractivity contribution in [1.29, 1.82) is 0 Å². The van der Waals surface area contributed by atoms with Crippen molar-refractivity contribution in [2.45, 2.75) is 32.8 Å². The molecular weight excluding hydrogens is 176 g/mol. The fourth-order valence-electron chi connectivity index (χ4n) is 0.614. The van der Waals surface area contributed by atoms with Crippen LogP contribution < -0.4 is 0 Å². The van der Waals surface area contributed by atoms with Crippen molar-refractivity contribution in [3.8, 4) is 0 Å². The van der Waals surface area contributed by atoms with E-state index in [1.165, 1.54) is 0 Å². The third-order valence-corrected chi connectivity index (χ3v) is 0.952. The Balaban J connectivity index is 3.59. The SMILES string of the molecule is CC(C)(C)OC(=O)CCOC(=O)O. The van der Waals surface area contributed by atoms with Gasteiger partial charge < -0.3 is 14.6 Å². The molecule has 0 spiro atoms. The third kappa shape index (κ3) is 8.65. The van der Waals surface area contributed by atoms with E-state index in [9.17, 15) is 9.59 Å². The topological polar surface area (TPSA) is 72.8 Å². The Bertz CT molecular complexity index is 191. The quantitative estimate of drug-likeness (QED) is 0.681. The maximum Gasteiger partial charge on any atom is 0.505 e. The van der Waals surface area contributed by atoms with Crippen molar-refractivity contribution in [2.24, 2.45) is 0 Å². The Hall–Kier alpha value is -1.26. The van der Waals surface area contributed by atoms with Gasteiger partial charge in [-0.1, -0.05) is 0 Å². The second-order valence-electron chi connectivity index (χ2n) is 3.45. The van der Waals surface area contributed by atoms with Crippen LogP contribution in [-0.4, -0.2) is 29.4 Å². The predicted molar refractivity (Wildman–Crippen MR) is 44.4 cm³/mol. The first-order valence-corrected chi connectivity index (χ1v) is 3.89. The summed E-state index contributed by atoms with van der Waals surface area (Å²) in [5.74, 6) is -0.464. The van der Waals surface area contributed by atoms with Crippen molar-refractivity contribution in [3.63, 3.8) is 0 Å². The number of carbonyl (C=O) groups is 2. The van der Waals surface area contributed by atoms with Crippen LogP contribution in [-0.2, 0) is 14.3 Å². The minimum absolute atomic E-state index is 0.0520. The highest BCUT2D eigenvalue weighted by Gasteiger charge is 2.16. The zero-order valence-electron chi connectivity index (χ0n) is 7.99. The number of ether oxygens (including phenoxy) is 2. The zero-order chi connectivity index (χ0) is 10.5. The maximum atomic E-state index is 10.9. The first-order chi connectivity index (χ1) is 5.81. The van der Waals surface area contributed by atoms with Gasteiger partial charge in [-0.2, -0.15) is 0 Å². The molecule has 0 saturated heterocycles. The van der Waals surface area contributed by atoms with Gasteiger partial charge in [0.15, 0.2) is 0 Å². The van der Waals surface area contributed by atoms with Gasteiger partial charge in [0.25, 0.3) is 0 Å². The predicted octanol–water partition coefficient (Wildman–Crippen LogP) is 1.41. The van der Waals surface area contributed by atoms with Gasteiger partial charge in [-0.3, -0.25) is 4.79 Å². The van der Waals surface area contributed by atoms with Crippen LogP contribution in [0, 0.1) is 0 Å². The van der Waals surface area contributed by atoms with E-state index in [4.69, 9.17) is 9.84 Å². The summed E-state index contributed by atoms with van der Waals surface area (Å²) >= 11 is 0. The summed E-state index contributed by atoms with van der Waals surface area (Å²) in [5, 5.41) is 8.08. The van der Waals surface area contributed by atoms with Crippen LogP contribution in [0.5, 0.6) is 0 Å². The van der Waals surface area contributed by atoms with E-state index in [0.29, 0.717) is 0 Å². The molecule has 1 N–H and O–H groups in total. The number of esters is 1. The molecule has 0 aliphatic rings. The minimum Gasteiger partial charge on any atom is -0.460 e. The van der Waals surface area contributed by atoms with E-state index < -0.39 is 17.7 Å². The molecule has 0 saturated carbocycles. The summed E-state index contributed by atoms with van der Waals surface area (Å²) < 4.78 is 9.05. The molecular formula is C8H14O5. The van der Waals surface area contributed by atoms with Crippen LogP contribution in [0.25, 0.3) is 0 Å². The number of rotatable bonds is 3. The number of carbonyl (C=O) groups excluding carboxylic acids is 1. The summed E-state index contributed by atoms with van der Waals surface area (Å²) in [5.41, 5.74) is -0.541. The van der Waals surface area contributed by atoms with E-state index in [1.807, 2.05) is 0 Å². The first kappa shape index (κ1) is 11.7. The Morgan fingerprint density at radius 1 is 1.31 bits per heavy atom. The fourth-order valence-corrected chi connectivity index (χ4v) is 0.614. The van der Waals surface area contributed by atoms with Crippen molar-refractivity contribution in [3.05, 3.63) is 0 Å². The van der Waals surface area contributed by atoms with Crippen LogP contribution in [0.1, 0.15) is 27.2 Å². The molecule has 0 aromatic carbocycles. The highest BCUT2D eigenvalue weighted by atomic mass is 16.7. The molecule has 0 aromatic heterocycles. The smallest absolute Gasteiger partial charge is 0.460 e. The Labute approximate surface area is 76.6 Å². The normalized spacial score (nSPS) is 10.7. The molecule has 0 rings (SSSR count). The van der Waals surface area contributed by atoms with Crippen molar-refractivity contribution in [2.75, 3.05) is 6.61 Å². The highest BCUT2D eigenvalue weighted by molar-refractivity contribution is 5.70. The molecule has 0 amide bonds. The third-order valence-electron chi connectivity index (χ3n) is 0.952. The second-order valence-corrected chi connectivity index (χ2v) is 3.45. The average Bonchev–Trinajstić information content (AvgIpc) is 1.81. The lowest BCUT2D eigenvalue weighted by molar-refractivity contribution is -0.155. The Morgan fingerprint density at radius 3 is 2.23 bits per heavy atom. The van der Waals surface area contributed by atoms with E-state index in [0.717, 1.165) is 0 Å². The molecule has 76 valence electrons. The monoisotopic (exact) mass is 190 g/mol. The Kier molecular flexibility index (Phi) is 4.23. The van der Waals surface area contributed by atoms with Gasteiger partial charge >= 0.3 is 12.1 Å². The van der Waals surface area contributed by atoms with Gasteiger partial charge in [0.1, 0.15) is 12.2 Å². The zero-order valence-corrected chi connectivity index (χ0v) is 7.99. The van der Waals surface area contributed by atoms with Gasteiger partial charge in [-0.05, 0) is 20.8 Å². The fraction of sp³-hybridized carbons (Fsp3) is 0.750. The van der Waals surface area contributed by atoms with Crippen molar-refractivity contribution >= 4 is 12.1 Å². The standard InChI is InChI=1S/C8H14O5/c1-8(2,3)13-6(9)4-5-12-7(10)11/h4-5H2,1-3H3,(H,10,11). The van der Waals surface area contributed by atoms with Crippen molar-refractivity contribution in [1.82, 2.24) is 0 Å². The average molecular weight is 190 g/mol. The summed E-state index contributed by atoms with van der Waals surface area (Å²) in [7, 11) is 0. The summed E-state index contributed by atoms with van der Waals surface area (Å²) in [6, 6.07) is 0. The molecule has 0 aliphatic heterocycles. The molecule has 0 atom stereocenters. The first-order valence-electron chi connectivity index (χ1n) is 3.89. The lowest BCUT2D eigenvalue weighted by Gasteiger charge is -2.19. The molecule has 0 aliphatic carbocycles. The molecule has 0 radical (unpaired) electrons. The lowest BCUT2D eigenvalue weighted by Crippen LogP contribution is -2.24. The van der Waals surface area contributed by atoms with Gasteiger partial charge in [0.05, 0.1) is 6.42 Å². The molecule has 5 nitrogen and oxygen atoms in total. The molecule has 5 heteroatoms. The summed E-state index contributed by atoms with van der Waals surface area (Å²) in [4.78, 5) is 20.8. The van der Waals surface area contributed by atoms with Crippen LogP contribution in [0.4, 0.5) is 4.79 Å². The number of hydrogen-bond donors (Lipinski definition) is 1. The molecule has 0 fully saturated rings. The lowest BCUT2D eigenvalue weighted by atomic mass is 10.2. The van der Waals surface area contributed by atoms with E-state index in [2.05, 4.69) is 4.74 Å². The molecule has 0 heterocycles. The highest BCUT2D eigenvalue weighted by Crippen LogP contribution is 2.07. The summed E-state index contributed by atoms with van der Waals surface area (Å²) in [6.45, 7) is 5.05. The van der Waals surface area contributed by atoms with Crippen LogP contribution in [0.2, 0.25) is 0 Å². The minimum atomic E-state index is -1.39. The van der Waals surface area contributed by atoms with Gasteiger partial charge in [-0.15, -0.1) is 0 Å². The number of carboxylic acid groups (broad SMARTS) is 1. The second kappa shape index (κ2) is 4.69. The van der Waals surface area contributed by atoms with E-state index in [1.54, 1.807) is 20.8 Å². The summed E-state index contributed by atoms with van der Waals surface area (Å²) in [6.07, 6.45) is -1.44. The molecule has 0 bridgehead atoms.